The minimum absolute atomic E-state index is 0.0484. The van der Waals surface area contributed by atoms with Gasteiger partial charge >= 0.3 is 0 Å². The van der Waals surface area contributed by atoms with Crippen molar-refractivity contribution < 1.29 is 18.8 Å². The van der Waals surface area contributed by atoms with Gasteiger partial charge in [0.15, 0.2) is 11.5 Å². The van der Waals surface area contributed by atoms with Crippen LogP contribution in [-0.2, 0) is 0 Å². The fourth-order valence-corrected chi connectivity index (χ4v) is 2.99. The van der Waals surface area contributed by atoms with Gasteiger partial charge in [-0.15, -0.1) is 0 Å². The zero-order valence-corrected chi connectivity index (χ0v) is 12.7. The molecule has 5 nitrogen and oxygen atoms in total. The van der Waals surface area contributed by atoms with Crippen molar-refractivity contribution in [3.8, 4) is 11.3 Å². The Morgan fingerprint density at radius 2 is 2.13 bits per heavy atom. The zero-order chi connectivity index (χ0) is 16.2. The van der Waals surface area contributed by atoms with Crippen LogP contribution < -0.4 is 0 Å². The number of benzene rings is 1. The van der Waals surface area contributed by atoms with Crippen LogP contribution in [0.15, 0.2) is 34.9 Å². The summed E-state index contributed by atoms with van der Waals surface area (Å²) in [6.45, 7) is 0.732. The Kier molecular flexibility index (Phi) is 4.71. The third-order valence-electron chi connectivity index (χ3n) is 4.21. The zero-order valence-electron chi connectivity index (χ0n) is 12.7. The molecule has 1 aromatic carbocycles. The van der Waals surface area contributed by atoms with Crippen molar-refractivity contribution in [3.05, 3.63) is 41.8 Å². The van der Waals surface area contributed by atoms with Crippen LogP contribution in [-0.4, -0.2) is 40.3 Å². The Morgan fingerprint density at radius 1 is 1.35 bits per heavy atom. The number of carbonyl (C=O) groups excluding carboxylic acids is 1. The molecule has 1 saturated heterocycles. The smallest absolute Gasteiger partial charge is 0.276 e. The number of amides is 1. The van der Waals surface area contributed by atoms with Gasteiger partial charge in [-0.05, 0) is 49.9 Å². The highest BCUT2D eigenvalue weighted by molar-refractivity contribution is 5.93. The summed E-state index contributed by atoms with van der Waals surface area (Å²) in [5.74, 6) is -0.0749. The van der Waals surface area contributed by atoms with Gasteiger partial charge in [-0.1, -0.05) is 5.16 Å². The summed E-state index contributed by atoms with van der Waals surface area (Å²) in [7, 11) is 0. The molecule has 6 heteroatoms. The van der Waals surface area contributed by atoms with Crippen molar-refractivity contribution in [2.45, 2.75) is 31.7 Å². The van der Waals surface area contributed by atoms with E-state index in [-0.39, 0.29) is 30.1 Å². The second-order valence-corrected chi connectivity index (χ2v) is 5.74. The lowest BCUT2D eigenvalue weighted by Crippen LogP contribution is -2.44. The number of piperidine rings is 1. The summed E-state index contributed by atoms with van der Waals surface area (Å²) >= 11 is 0. The maximum Gasteiger partial charge on any atom is 0.276 e. The van der Waals surface area contributed by atoms with Crippen LogP contribution in [0.5, 0.6) is 0 Å². The van der Waals surface area contributed by atoms with Gasteiger partial charge in [0.2, 0.25) is 0 Å². The molecule has 1 fully saturated rings. The third-order valence-corrected chi connectivity index (χ3v) is 4.21. The highest BCUT2D eigenvalue weighted by Gasteiger charge is 2.29. The van der Waals surface area contributed by atoms with E-state index < -0.39 is 0 Å². The normalized spacial score (nSPS) is 18.2. The molecule has 1 atom stereocenters. The predicted octanol–water partition coefficient (Wildman–Crippen LogP) is 2.86. The summed E-state index contributed by atoms with van der Waals surface area (Å²) in [6, 6.07) is 7.47. The molecule has 0 bridgehead atoms. The molecule has 2 aromatic rings. The Hall–Kier alpha value is -2.21. The fraction of sp³-hybridized carbons (Fsp3) is 0.412. The quantitative estimate of drug-likeness (QED) is 0.941. The average Bonchev–Trinajstić information content (AvgIpc) is 3.06. The molecule has 0 saturated carbocycles. The molecule has 0 aliphatic carbocycles. The Morgan fingerprint density at radius 3 is 2.87 bits per heavy atom. The predicted molar refractivity (Wildman–Crippen MR) is 82.3 cm³/mol. The molecular formula is C17H19FN2O3. The van der Waals surface area contributed by atoms with Crippen LogP contribution >= 0.6 is 0 Å². The molecule has 1 N–H and O–H groups in total. The Bertz CT molecular complexity index is 667. The number of hydrogen-bond donors (Lipinski definition) is 1. The lowest BCUT2D eigenvalue weighted by atomic mass is 9.99. The SMILES string of the molecule is O=C(c1cc(-c2ccc(F)cc2)on1)N1CCCCC1CCO. The average molecular weight is 318 g/mol. The van der Waals surface area contributed by atoms with E-state index >= 15 is 0 Å². The molecule has 3 rings (SSSR count). The fourth-order valence-electron chi connectivity index (χ4n) is 2.99. The first-order chi connectivity index (χ1) is 11.2. The Labute approximate surface area is 133 Å². The van der Waals surface area contributed by atoms with Crippen molar-refractivity contribution in [2.75, 3.05) is 13.2 Å². The lowest BCUT2D eigenvalue weighted by molar-refractivity contribution is 0.0564. The van der Waals surface area contributed by atoms with E-state index in [2.05, 4.69) is 5.16 Å². The summed E-state index contributed by atoms with van der Waals surface area (Å²) in [4.78, 5) is 14.4. The molecular weight excluding hydrogens is 299 g/mol. The monoisotopic (exact) mass is 318 g/mol. The maximum atomic E-state index is 13.0. The van der Waals surface area contributed by atoms with Crippen LogP contribution in [0.25, 0.3) is 11.3 Å². The number of halogens is 1. The molecule has 1 aliphatic heterocycles. The van der Waals surface area contributed by atoms with Crippen molar-refractivity contribution in [2.24, 2.45) is 0 Å². The van der Waals surface area contributed by atoms with Gasteiger partial charge in [-0.2, -0.15) is 0 Å². The number of carbonyl (C=O) groups is 1. The summed E-state index contributed by atoms with van der Waals surface area (Å²) < 4.78 is 18.2. The number of nitrogens with zero attached hydrogens (tertiary/aromatic N) is 2. The molecule has 0 spiro atoms. The number of aliphatic hydroxyl groups excluding tert-OH is 1. The number of hydrogen-bond acceptors (Lipinski definition) is 4. The van der Waals surface area contributed by atoms with E-state index in [0.29, 0.717) is 24.3 Å². The minimum Gasteiger partial charge on any atom is -0.396 e. The second kappa shape index (κ2) is 6.91. The maximum absolute atomic E-state index is 13.0. The van der Waals surface area contributed by atoms with Gasteiger partial charge in [0.05, 0.1) is 0 Å². The van der Waals surface area contributed by atoms with Gasteiger partial charge in [-0.25, -0.2) is 4.39 Å². The summed E-state index contributed by atoms with van der Waals surface area (Å²) in [5, 5.41) is 13.0. The van der Waals surface area contributed by atoms with Gasteiger partial charge in [-0.3, -0.25) is 4.79 Å². The highest BCUT2D eigenvalue weighted by Crippen LogP contribution is 2.24. The first-order valence-electron chi connectivity index (χ1n) is 7.83. The highest BCUT2D eigenvalue weighted by atomic mass is 19.1. The lowest BCUT2D eigenvalue weighted by Gasteiger charge is -2.34. The first kappa shape index (κ1) is 15.7. The van der Waals surface area contributed by atoms with E-state index in [1.807, 2.05) is 0 Å². The number of likely N-dealkylation sites (tertiary alicyclic amines) is 1. The number of aliphatic hydroxyl groups is 1. The van der Waals surface area contributed by atoms with E-state index in [4.69, 9.17) is 9.63 Å². The standard InChI is InChI=1S/C17H19FN2O3/c18-13-6-4-12(5-7-13)16-11-15(19-23-16)17(22)20-9-2-1-3-14(20)8-10-21/h4-7,11,14,21H,1-3,8-10H2. The van der Waals surface area contributed by atoms with Gasteiger partial charge in [0.1, 0.15) is 5.82 Å². The van der Waals surface area contributed by atoms with Gasteiger partial charge < -0.3 is 14.5 Å². The molecule has 1 aromatic heterocycles. The van der Waals surface area contributed by atoms with Gasteiger partial charge in [0.25, 0.3) is 5.91 Å². The van der Waals surface area contributed by atoms with Crippen molar-refractivity contribution in [3.63, 3.8) is 0 Å². The molecule has 23 heavy (non-hydrogen) atoms. The Balaban J connectivity index is 1.78. The molecule has 2 heterocycles. The van der Waals surface area contributed by atoms with Gasteiger partial charge in [0, 0.05) is 30.8 Å². The molecule has 1 aliphatic rings. The topological polar surface area (TPSA) is 66.6 Å². The van der Waals surface area contributed by atoms with Crippen LogP contribution in [0.2, 0.25) is 0 Å². The van der Waals surface area contributed by atoms with E-state index in [9.17, 15) is 9.18 Å². The van der Waals surface area contributed by atoms with Crippen LogP contribution in [0.4, 0.5) is 4.39 Å². The molecule has 1 unspecified atom stereocenters. The summed E-state index contributed by atoms with van der Waals surface area (Å²) in [6.07, 6.45) is 3.49. The number of rotatable bonds is 4. The van der Waals surface area contributed by atoms with Crippen molar-refractivity contribution >= 4 is 5.91 Å². The van der Waals surface area contributed by atoms with Crippen molar-refractivity contribution in [1.29, 1.82) is 0 Å². The molecule has 122 valence electrons. The summed E-state index contributed by atoms with van der Waals surface area (Å²) in [5.41, 5.74) is 0.915. The molecule has 1 amide bonds. The third kappa shape index (κ3) is 3.42. The van der Waals surface area contributed by atoms with Crippen LogP contribution in [0.3, 0.4) is 0 Å². The minimum atomic E-state index is -0.329. The van der Waals surface area contributed by atoms with Crippen LogP contribution in [0, 0.1) is 5.82 Å². The largest absolute Gasteiger partial charge is 0.396 e. The number of aromatic nitrogens is 1. The second-order valence-electron chi connectivity index (χ2n) is 5.74. The van der Waals surface area contributed by atoms with E-state index in [1.54, 1.807) is 23.1 Å². The van der Waals surface area contributed by atoms with E-state index in [0.717, 1.165) is 19.3 Å². The van der Waals surface area contributed by atoms with Crippen molar-refractivity contribution in [1.82, 2.24) is 10.1 Å². The first-order valence-corrected chi connectivity index (χ1v) is 7.83. The molecule has 0 radical (unpaired) electrons. The van der Waals surface area contributed by atoms with Crippen LogP contribution in [0.1, 0.15) is 36.2 Å². The van der Waals surface area contributed by atoms with E-state index in [1.165, 1.54) is 12.1 Å².